The number of phosphoric acid groups is 1. The van der Waals surface area contributed by atoms with Gasteiger partial charge in [-0.15, -0.1) is 0 Å². The Labute approximate surface area is 389 Å². The third-order valence-corrected chi connectivity index (χ3v) is 11.8. The molecule has 0 aromatic carbocycles. The van der Waals surface area contributed by atoms with Crippen LogP contribution in [0.4, 0.5) is 74.6 Å². The molecule has 0 fully saturated rings. The lowest BCUT2D eigenvalue weighted by Crippen LogP contribution is -2.74. The highest BCUT2D eigenvalue weighted by atomic mass is 31.2. The molecule has 0 saturated carbocycles. The maximum atomic E-state index is 14.1. The number of quaternary nitrogens is 1. The minimum atomic E-state index is -8.65. The van der Waals surface area contributed by atoms with Crippen LogP contribution in [0, 0.1) is 0 Å². The van der Waals surface area contributed by atoms with Crippen LogP contribution in [0.25, 0.3) is 0 Å². The number of hydrogen-bond acceptors (Lipinski definition) is 6. The fourth-order valence-corrected chi connectivity index (χ4v) is 7.13. The molecule has 408 valence electrons. The summed E-state index contributed by atoms with van der Waals surface area (Å²) in [5, 5.41) is 0. The van der Waals surface area contributed by atoms with E-state index in [0.717, 1.165) is 25.7 Å². The molecule has 0 radical (unpaired) electrons. The molecule has 2 atom stereocenters. The molecule has 2 unspecified atom stereocenters. The topological polar surface area (TPSA) is 77.1 Å². The first-order chi connectivity index (χ1) is 31.1. The van der Waals surface area contributed by atoms with E-state index in [2.05, 4.69) is 6.92 Å². The van der Waals surface area contributed by atoms with Crippen LogP contribution in [-0.4, -0.2) is 119 Å². The molecule has 7 nitrogen and oxygen atoms in total. The largest absolute Gasteiger partial charge is 0.756 e. The average Bonchev–Trinajstić information content (AvgIpc) is 3.21. The van der Waals surface area contributed by atoms with Crippen molar-refractivity contribution in [2.45, 2.75) is 202 Å². The molecule has 0 aliphatic carbocycles. The summed E-state index contributed by atoms with van der Waals surface area (Å²) < 4.78 is 263. The Morgan fingerprint density at radius 2 is 0.868 bits per heavy atom. The molecular formula is C43H71F17NO6P. The van der Waals surface area contributed by atoms with Crippen LogP contribution < -0.4 is 4.89 Å². The number of nitrogens with zero attached hydrogens (tertiary/aromatic N) is 1. The van der Waals surface area contributed by atoms with Crippen molar-refractivity contribution in [3.05, 3.63) is 12.2 Å². The van der Waals surface area contributed by atoms with Gasteiger partial charge in [0.05, 0.1) is 34.4 Å². The van der Waals surface area contributed by atoms with E-state index in [-0.39, 0.29) is 45.3 Å². The van der Waals surface area contributed by atoms with Gasteiger partial charge in [-0.1, -0.05) is 129 Å². The Kier molecular flexibility index (Phi) is 29.3. The van der Waals surface area contributed by atoms with Crippen molar-refractivity contribution < 1.29 is 107 Å². The van der Waals surface area contributed by atoms with Gasteiger partial charge in [-0.05, 0) is 31.8 Å². The quantitative estimate of drug-likeness (QED) is 0.0199. The smallest absolute Gasteiger partial charge is 0.460 e. The summed E-state index contributed by atoms with van der Waals surface area (Å²) in [5.41, 5.74) is 0. The molecular weight excluding hydrogens is 980 g/mol. The van der Waals surface area contributed by atoms with Crippen molar-refractivity contribution in [2.24, 2.45) is 0 Å². The minimum absolute atomic E-state index is 0.0132. The molecule has 0 amide bonds. The predicted octanol–water partition coefficient (Wildman–Crippen LogP) is 14.8. The van der Waals surface area contributed by atoms with E-state index in [1.54, 1.807) is 0 Å². The number of alkyl halides is 17. The van der Waals surface area contributed by atoms with Gasteiger partial charge in [0.1, 0.15) is 19.3 Å². The number of unbranched alkanes of at least 4 members (excludes halogenated alkanes) is 20. The zero-order valence-corrected chi connectivity index (χ0v) is 40.2. The van der Waals surface area contributed by atoms with Gasteiger partial charge in [-0.2, -0.15) is 74.6 Å². The SMILES string of the molecule is CCCCCCCCCCCCCCCCOC(COCCCCCCCCC/C=C/C(F)(F)C(F)(F)C(F)(F)C(F)(F)C(F)(F)C(F)(F)C(F)(F)C(F)(F)F)COP(=O)([O-])OCC[N+](C)(C)C. The minimum Gasteiger partial charge on any atom is -0.756 e. The van der Waals surface area contributed by atoms with Gasteiger partial charge < -0.3 is 27.9 Å². The molecule has 0 heterocycles. The van der Waals surface area contributed by atoms with E-state index in [0.29, 0.717) is 49.7 Å². The Bertz CT molecular complexity index is 1430. The van der Waals surface area contributed by atoms with Gasteiger partial charge in [-0.25, -0.2) is 0 Å². The van der Waals surface area contributed by atoms with Gasteiger partial charge >= 0.3 is 47.6 Å². The zero-order valence-electron chi connectivity index (χ0n) is 39.3. The molecule has 0 aromatic heterocycles. The molecule has 0 aliphatic heterocycles. The standard InChI is InChI=1S/C43H71F17NO6P/c1-5-6-7-8-9-10-11-12-13-14-18-21-24-27-31-65-35(34-67-68(62,63)66-32-29-61(2,3)4)33-64-30-26-23-20-17-15-16-19-22-25-28-36(44,45)37(46,47)38(48,49)39(50,51)40(52,53)41(54,55)42(56,57)43(58,59)60/h25,28,35H,5-24,26-27,29-34H2,1-4H3/b28-25+. The molecule has 0 spiro atoms. The maximum Gasteiger partial charge on any atom is 0.460 e. The Morgan fingerprint density at radius 1 is 0.485 bits per heavy atom. The first kappa shape index (κ1) is 66.5. The Hall–Kier alpha value is -1.46. The highest BCUT2D eigenvalue weighted by molar-refractivity contribution is 7.45. The second-order valence-corrected chi connectivity index (χ2v) is 19.4. The average molecular weight is 1050 g/mol. The summed E-state index contributed by atoms with van der Waals surface area (Å²) in [5.74, 6) is -56.5. The molecule has 0 bridgehead atoms. The van der Waals surface area contributed by atoms with Crippen LogP contribution in [0.3, 0.4) is 0 Å². The lowest BCUT2D eigenvalue weighted by Gasteiger charge is -2.42. The van der Waals surface area contributed by atoms with Crippen LogP contribution in [-0.2, 0) is 23.1 Å². The van der Waals surface area contributed by atoms with Crippen LogP contribution in [0.2, 0.25) is 0 Å². The molecule has 68 heavy (non-hydrogen) atoms. The fourth-order valence-electron chi connectivity index (χ4n) is 6.41. The van der Waals surface area contributed by atoms with Crippen molar-refractivity contribution in [2.75, 3.05) is 60.7 Å². The van der Waals surface area contributed by atoms with Crippen molar-refractivity contribution in [1.29, 1.82) is 0 Å². The van der Waals surface area contributed by atoms with Gasteiger partial charge in [0, 0.05) is 13.2 Å². The summed E-state index contributed by atoms with van der Waals surface area (Å²) in [7, 11) is 0.966. The summed E-state index contributed by atoms with van der Waals surface area (Å²) in [6.45, 7) is 2.82. The molecule has 0 aromatic rings. The Balaban J connectivity index is 4.84. The number of likely N-dealkylation sites (N-methyl/N-ethyl adjacent to an activating group) is 1. The first-order valence-electron chi connectivity index (χ1n) is 23.1. The zero-order chi connectivity index (χ0) is 52.6. The van der Waals surface area contributed by atoms with Gasteiger partial charge in [-0.3, -0.25) is 4.57 Å². The number of allylic oxidation sites excluding steroid dienone is 2. The monoisotopic (exact) mass is 1050 g/mol. The second kappa shape index (κ2) is 29.9. The van der Waals surface area contributed by atoms with E-state index in [4.69, 9.17) is 18.5 Å². The lowest BCUT2D eigenvalue weighted by atomic mass is 9.89. The number of halogens is 17. The Morgan fingerprint density at radius 3 is 1.29 bits per heavy atom. The number of hydrogen-bond donors (Lipinski definition) is 0. The van der Waals surface area contributed by atoms with Crippen molar-refractivity contribution in [3.8, 4) is 0 Å². The van der Waals surface area contributed by atoms with Crippen LogP contribution in [0.1, 0.15) is 148 Å². The fraction of sp³-hybridized carbons (Fsp3) is 0.953. The third kappa shape index (κ3) is 21.7. The van der Waals surface area contributed by atoms with E-state index in [1.807, 2.05) is 21.1 Å². The molecule has 25 heteroatoms. The van der Waals surface area contributed by atoms with Crippen LogP contribution in [0.5, 0.6) is 0 Å². The summed E-state index contributed by atoms with van der Waals surface area (Å²) >= 11 is 0. The van der Waals surface area contributed by atoms with Gasteiger partial charge in [0.25, 0.3) is 7.82 Å². The summed E-state index contributed by atoms with van der Waals surface area (Å²) in [6.07, 6.45) is 9.14. The molecule has 0 N–H and O–H groups in total. The van der Waals surface area contributed by atoms with Gasteiger partial charge in [0.15, 0.2) is 0 Å². The lowest BCUT2D eigenvalue weighted by molar-refractivity contribution is -0.870. The second-order valence-electron chi connectivity index (χ2n) is 18.0. The van der Waals surface area contributed by atoms with Crippen LogP contribution in [0.15, 0.2) is 12.2 Å². The van der Waals surface area contributed by atoms with Crippen LogP contribution >= 0.6 is 7.82 Å². The highest BCUT2D eigenvalue weighted by Crippen LogP contribution is 2.64. The van der Waals surface area contributed by atoms with Crippen molar-refractivity contribution in [1.82, 2.24) is 0 Å². The van der Waals surface area contributed by atoms with E-state index in [1.165, 1.54) is 64.2 Å². The molecule has 0 aliphatic rings. The van der Waals surface area contributed by atoms with Crippen molar-refractivity contribution >= 4 is 7.82 Å². The number of phosphoric ester groups is 1. The maximum absolute atomic E-state index is 14.1. The third-order valence-electron chi connectivity index (χ3n) is 10.8. The molecule has 0 saturated heterocycles. The number of ether oxygens (including phenoxy) is 2. The normalized spacial score (nSPS) is 15.7. The predicted molar refractivity (Wildman–Crippen MR) is 220 cm³/mol. The highest BCUT2D eigenvalue weighted by Gasteiger charge is 2.95. The summed E-state index contributed by atoms with van der Waals surface area (Å²) in [4.78, 5) is 12.3. The first-order valence-corrected chi connectivity index (χ1v) is 24.5. The summed E-state index contributed by atoms with van der Waals surface area (Å²) in [6, 6.07) is 0. The van der Waals surface area contributed by atoms with E-state index >= 15 is 0 Å². The van der Waals surface area contributed by atoms with E-state index in [9.17, 15) is 84.1 Å². The molecule has 0 rings (SSSR count). The van der Waals surface area contributed by atoms with E-state index < -0.39 is 74.1 Å². The number of rotatable bonds is 42. The van der Waals surface area contributed by atoms with Gasteiger partial charge in [0.2, 0.25) is 0 Å². The van der Waals surface area contributed by atoms with Crippen molar-refractivity contribution in [3.63, 3.8) is 0 Å².